The molecule has 2 nitrogen and oxygen atoms in total. The Morgan fingerprint density at radius 1 is 1.57 bits per heavy atom. The quantitative estimate of drug-likeness (QED) is 0.419. The first-order valence-corrected chi connectivity index (χ1v) is 2.50. The van der Waals surface area contributed by atoms with Crippen LogP contribution in [0.3, 0.4) is 0 Å². The van der Waals surface area contributed by atoms with Crippen LogP contribution in [0.15, 0.2) is 4.99 Å². The minimum Gasteiger partial charge on any atom is -0.379 e. The molecule has 0 aromatic carbocycles. The smallest absolute Gasteiger partial charge is 0.0713 e. The van der Waals surface area contributed by atoms with Crippen LogP contribution in [0.4, 0.5) is 0 Å². The van der Waals surface area contributed by atoms with E-state index in [1.165, 1.54) is 0 Å². The molecule has 0 unspecified atom stereocenters. The van der Waals surface area contributed by atoms with Gasteiger partial charge in [0.2, 0.25) is 0 Å². The lowest BCUT2D eigenvalue weighted by molar-refractivity contribution is -0.0689. The summed E-state index contributed by atoms with van der Waals surface area (Å²) < 4.78 is 4.99. The first kappa shape index (κ1) is 3.61. The Kier molecular flexibility index (Phi) is 0.460. The zero-order valence-electron chi connectivity index (χ0n) is 4.05. The summed E-state index contributed by atoms with van der Waals surface area (Å²) >= 11 is 0. The second-order valence-corrected chi connectivity index (χ2v) is 2.32. The maximum absolute atomic E-state index is 4.99. The third-order valence-corrected chi connectivity index (χ3v) is 1.55. The molecular weight excluding hydrogens is 90.1 g/mol. The Balaban J connectivity index is 2.15. The second-order valence-electron chi connectivity index (χ2n) is 2.32. The van der Waals surface area contributed by atoms with Crippen LogP contribution < -0.4 is 0 Å². The monoisotopic (exact) mass is 97.1 g/mol. The molecule has 2 aliphatic rings. The first-order chi connectivity index (χ1) is 3.41. The predicted octanol–water partition coefficient (Wildman–Crippen LogP) is 0.0874. The summed E-state index contributed by atoms with van der Waals surface area (Å²) in [7, 11) is 0. The molecule has 0 N–H and O–H groups in total. The highest BCUT2D eigenvalue weighted by atomic mass is 16.5. The highest BCUT2D eigenvalue weighted by molar-refractivity contribution is 5.73. The van der Waals surface area contributed by atoms with Gasteiger partial charge in [0.25, 0.3) is 0 Å². The second kappa shape index (κ2) is 0.892. The number of ether oxygens (including phenoxy) is 1. The fourth-order valence-electron chi connectivity index (χ4n) is 0.880. The van der Waals surface area contributed by atoms with Gasteiger partial charge >= 0.3 is 0 Å². The van der Waals surface area contributed by atoms with E-state index in [2.05, 4.69) is 4.99 Å². The third-order valence-electron chi connectivity index (χ3n) is 1.55. The summed E-state index contributed by atoms with van der Waals surface area (Å²) in [6.45, 7) is 2.83. The minimum atomic E-state index is 0.431. The normalized spacial score (nSPS) is 32.0. The lowest BCUT2D eigenvalue weighted by Gasteiger charge is -2.41. The number of aliphatic imine (C=N–C) groups is 1. The van der Waals surface area contributed by atoms with Crippen molar-refractivity contribution in [3.63, 3.8) is 0 Å². The molecule has 0 aliphatic carbocycles. The summed E-state index contributed by atoms with van der Waals surface area (Å²) in [5.41, 5.74) is 0.431. The highest BCUT2D eigenvalue weighted by Gasteiger charge is 2.40. The Labute approximate surface area is 42.2 Å². The van der Waals surface area contributed by atoms with Crippen LogP contribution in [0.1, 0.15) is 0 Å². The molecule has 2 heterocycles. The van der Waals surface area contributed by atoms with Crippen LogP contribution in [0.25, 0.3) is 0 Å². The van der Waals surface area contributed by atoms with Crippen molar-refractivity contribution in [1.82, 2.24) is 0 Å². The maximum atomic E-state index is 4.99. The zero-order chi connectivity index (χ0) is 4.74. The molecule has 0 aromatic rings. The molecule has 1 saturated heterocycles. The van der Waals surface area contributed by atoms with E-state index in [1.807, 2.05) is 6.21 Å². The lowest BCUT2D eigenvalue weighted by Crippen LogP contribution is -2.51. The Morgan fingerprint density at radius 3 is 2.29 bits per heavy atom. The van der Waals surface area contributed by atoms with E-state index in [1.54, 1.807) is 0 Å². The summed E-state index contributed by atoms with van der Waals surface area (Å²) in [5.74, 6) is 0. The van der Waals surface area contributed by atoms with Crippen molar-refractivity contribution >= 4 is 6.21 Å². The lowest BCUT2D eigenvalue weighted by atomic mass is 9.84. The number of nitrogens with zero attached hydrogens (tertiary/aromatic N) is 1. The topological polar surface area (TPSA) is 21.6 Å². The van der Waals surface area contributed by atoms with Crippen molar-refractivity contribution in [3.8, 4) is 0 Å². The summed E-state index contributed by atoms with van der Waals surface area (Å²) in [6, 6.07) is 0. The van der Waals surface area contributed by atoms with Crippen molar-refractivity contribution in [2.24, 2.45) is 10.4 Å². The molecular formula is C5H7NO. The van der Waals surface area contributed by atoms with Crippen molar-refractivity contribution in [2.75, 3.05) is 19.8 Å². The Bertz CT molecular complexity index is 115. The Morgan fingerprint density at radius 2 is 2.29 bits per heavy atom. The van der Waals surface area contributed by atoms with Gasteiger partial charge in [0.15, 0.2) is 0 Å². The molecule has 38 valence electrons. The molecule has 0 amide bonds. The molecule has 0 atom stereocenters. The minimum absolute atomic E-state index is 0.431. The van der Waals surface area contributed by atoms with Gasteiger partial charge in [0.05, 0.1) is 25.2 Å². The molecule has 2 rings (SSSR count). The number of hydrogen-bond donors (Lipinski definition) is 0. The number of rotatable bonds is 0. The van der Waals surface area contributed by atoms with E-state index < -0.39 is 0 Å². The van der Waals surface area contributed by atoms with E-state index in [0.717, 1.165) is 19.8 Å². The fourth-order valence-corrected chi connectivity index (χ4v) is 0.880. The van der Waals surface area contributed by atoms with Crippen LogP contribution >= 0.6 is 0 Å². The Hall–Kier alpha value is -0.370. The molecule has 0 radical (unpaired) electrons. The largest absolute Gasteiger partial charge is 0.379 e. The summed E-state index contributed by atoms with van der Waals surface area (Å²) in [5, 5.41) is 0. The van der Waals surface area contributed by atoms with Crippen LogP contribution in [0.2, 0.25) is 0 Å². The van der Waals surface area contributed by atoms with Gasteiger partial charge in [-0.05, 0) is 0 Å². The van der Waals surface area contributed by atoms with E-state index in [4.69, 9.17) is 4.74 Å². The molecule has 2 heteroatoms. The van der Waals surface area contributed by atoms with Crippen LogP contribution in [0, 0.1) is 5.41 Å². The molecule has 0 saturated carbocycles. The molecule has 0 aromatic heterocycles. The van der Waals surface area contributed by atoms with Crippen molar-refractivity contribution in [2.45, 2.75) is 0 Å². The van der Waals surface area contributed by atoms with Crippen molar-refractivity contribution < 1.29 is 4.74 Å². The van der Waals surface area contributed by atoms with E-state index in [0.29, 0.717) is 5.41 Å². The van der Waals surface area contributed by atoms with E-state index in [-0.39, 0.29) is 0 Å². The molecule has 2 aliphatic heterocycles. The van der Waals surface area contributed by atoms with Gasteiger partial charge in [-0.1, -0.05) is 0 Å². The van der Waals surface area contributed by atoms with Crippen molar-refractivity contribution in [3.05, 3.63) is 0 Å². The SMILES string of the molecule is C1=NCC12COC2. The maximum Gasteiger partial charge on any atom is 0.0713 e. The standard InChI is InChI=1S/C5H7NO/c1-5(2-6-1)3-7-4-5/h1H,2-4H2. The fraction of sp³-hybridized carbons (Fsp3) is 0.800. The van der Waals surface area contributed by atoms with E-state index >= 15 is 0 Å². The van der Waals surface area contributed by atoms with Crippen LogP contribution in [0.5, 0.6) is 0 Å². The van der Waals surface area contributed by atoms with Gasteiger partial charge in [-0.25, -0.2) is 0 Å². The van der Waals surface area contributed by atoms with Gasteiger partial charge in [0.1, 0.15) is 0 Å². The molecule has 1 spiro atoms. The van der Waals surface area contributed by atoms with Gasteiger partial charge < -0.3 is 4.74 Å². The van der Waals surface area contributed by atoms with Crippen LogP contribution in [-0.4, -0.2) is 26.0 Å². The molecule has 7 heavy (non-hydrogen) atoms. The third kappa shape index (κ3) is 0.304. The molecule has 0 bridgehead atoms. The van der Waals surface area contributed by atoms with Gasteiger partial charge in [-0.3, -0.25) is 4.99 Å². The average Bonchev–Trinajstić information content (AvgIpc) is 1.20. The van der Waals surface area contributed by atoms with Gasteiger partial charge in [-0.2, -0.15) is 0 Å². The predicted molar refractivity (Wildman–Crippen MR) is 26.6 cm³/mol. The summed E-state index contributed by atoms with van der Waals surface area (Å²) in [4.78, 5) is 3.99. The highest BCUT2D eigenvalue weighted by Crippen LogP contribution is 2.30. The van der Waals surface area contributed by atoms with Crippen molar-refractivity contribution in [1.29, 1.82) is 0 Å². The van der Waals surface area contributed by atoms with Gasteiger partial charge in [-0.15, -0.1) is 0 Å². The summed E-state index contributed by atoms with van der Waals surface area (Å²) in [6.07, 6.45) is 2.01. The van der Waals surface area contributed by atoms with Gasteiger partial charge in [0, 0.05) is 6.21 Å². The van der Waals surface area contributed by atoms with Crippen LogP contribution in [-0.2, 0) is 4.74 Å². The zero-order valence-corrected chi connectivity index (χ0v) is 4.05. The first-order valence-electron chi connectivity index (χ1n) is 2.50. The molecule has 1 fully saturated rings. The average molecular weight is 97.1 g/mol. The number of hydrogen-bond acceptors (Lipinski definition) is 2. The van der Waals surface area contributed by atoms with E-state index in [9.17, 15) is 0 Å².